The van der Waals surface area contributed by atoms with Gasteiger partial charge < -0.3 is 9.58 Å². The molecule has 1 aromatic rings. The Hall–Kier alpha value is -1.56. The fraction of sp³-hybridized carbons (Fsp3) is 0.400. The van der Waals surface area contributed by atoms with Gasteiger partial charge in [-0.15, -0.1) is 0 Å². The molecule has 1 rings (SSSR count). The van der Waals surface area contributed by atoms with E-state index >= 15 is 0 Å². The molecule has 0 unspecified atom stereocenters. The van der Waals surface area contributed by atoms with E-state index in [0.29, 0.717) is 17.6 Å². The Labute approximate surface area is 78.2 Å². The molecule has 0 fully saturated rings. The fourth-order valence-corrected chi connectivity index (χ4v) is 1.10. The molecule has 0 aliphatic rings. The molecule has 0 atom stereocenters. The lowest BCUT2D eigenvalue weighted by molar-refractivity contribution is 0.398. The molecule has 0 spiro atoms. The van der Waals surface area contributed by atoms with Crippen molar-refractivity contribution in [2.75, 3.05) is 7.11 Å². The van der Waals surface area contributed by atoms with Crippen LogP contribution in [0.5, 0.6) is 5.88 Å². The lowest BCUT2D eigenvalue weighted by Crippen LogP contribution is -1.92. The Morgan fingerprint density at radius 2 is 2.15 bits per heavy atom. The first kappa shape index (κ1) is 9.53. The van der Waals surface area contributed by atoms with Crippen LogP contribution in [0.3, 0.4) is 0 Å². The van der Waals surface area contributed by atoms with Gasteiger partial charge >= 0.3 is 5.88 Å². The molecule has 13 heavy (non-hydrogen) atoms. The van der Waals surface area contributed by atoms with E-state index in [4.69, 9.17) is 11.3 Å². The van der Waals surface area contributed by atoms with Gasteiger partial charge in [0.15, 0.2) is 0 Å². The second-order valence-electron chi connectivity index (χ2n) is 3.03. The van der Waals surface area contributed by atoms with Gasteiger partial charge in [0.1, 0.15) is 0 Å². The maximum Gasteiger partial charge on any atom is 0.308 e. The zero-order valence-corrected chi connectivity index (χ0v) is 8.03. The largest absolute Gasteiger partial charge is 0.464 e. The Morgan fingerprint density at radius 3 is 2.62 bits per heavy atom. The minimum atomic E-state index is 0.322. The van der Waals surface area contributed by atoms with Crippen molar-refractivity contribution in [1.82, 2.24) is 4.98 Å². The van der Waals surface area contributed by atoms with Crippen molar-refractivity contribution in [1.29, 1.82) is 0 Å². The lowest BCUT2D eigenvalue weighted by Gasteiger charge is -2.06. The van der Waals surface area contributed by atoms with Gasteiger partial charge in [-0.25, -0.2) is 0 Å². The number of rotatable bonds is 2. The van der Waals surface area contributed by atoms with Crippen LogP contribution in [0.15, 0.2) is 12.1 Å². The zero-order valence-electron chi connectivity index (χ0n) is 8.03. The maximum atomic E-state index is 6.96. The van der Waals surface area contributed by atoms with Crippen LogP contribution in [0.4, 0.5) is 5.82 Å². The molecule has 0 N–H and O–H groups in total. The minimum Gasteiger partial charge on any atom is -0.464 e. The smallest absolute Gasteiger partial charge is 0.308 e. The van der Waals surface area contributed by atoms with Gasteiger partial charge in [0.05, 0.1) is 7.11 Å². The monoisotopic (exact) mass is 176 g/mol. The quantitative estimate of drug-likeness (QED) is 0.648. The van der Waals surface area contributed by atoms with Gasteiger partial charge in [0, 0.05) is 6.07 Å². The third-order valence-electron chi connectivity index (χ3n) is 1.82. The van der Waals surface area contributed by atoms with Crippen molar-refractivity contribution >= 4 is 5.82 Å². The summed E-state index contributed by atoms with van der Waals surface area (Å²) in [5.74, 6) is 1.26. The first-order valence-electron chi connectivity index (χ1n) is 4.11. The average molecular weight is 176 g/mol. The van der Waals surface area contributed by atoms with Crippen molar-refractivity contribution < 1.29 is 4.74 Å². The van der Waals surface area contributed by atoms with Crippen LogP contribution in [0, 0.1) is 6.57 Å². The first-order chi connectivity index (χ1) is 6.19. The summed E-state index contributed by atoms with van der Waals surface area (Å²) in [6.07, 6.45) is 0. The highest BCUT2D eigenvalue weighted by molar-refractivity contribution is 5.48. The summed E-state index contributed by atoms with van der Waals surface area (Å²) in [6, 6.07) is 3.67. The molecule has 1 aromatic heterocycles. The van der Waals surface area contributed by atoms with Crippen LogP contribution < -0.4 is 4.74 Å². The van der Waals surface area contributed by atoms with E-state index in [9.17, 15) is 0 Å². The minimum absolute atomic E-state index is 0.322. The molecule has 3 nitrogen and oxygen atoms in total. The van der Waals surface area contributed by atoms with E-state index in [1.165, 1.54) is 0 Å². The van der Waals surface area contributed by atoms with Crippen LogP contribution in [-0.4, -0.2) is 12.1 Å². The highest BCUT2D eigenvalue weighted by atomic mass is 16.5. The Kier molecular flexibility index (Phi) is 2.86. The Balaban J connectivity index is 3.18. The second kappa shape index (κ2) is 3.90. The topological polar surface area (TPSA) is 26.5 Å². The molecular formula is C10H12N2O. The summed E-state index contributed by atoms with van der Waals surface area (Å²) in [5, 5.41) is 0. The van der Waals surface area contributed by atoms with E-state index in [0.717, 1.165) is 5.56 Å². The third-order valence-corrected chi connectivity index (χ3v) is 1.82. The van der Waals surface area contributed by atoms with Crippen molar-refractivity contribution in [3.05, 3.63) is 29.1 Å². The maximum absolute atomic E-state index is 6.96. The van der Waals surface area contributed by atoms with Crippen molar-refractivity contribution in [2.45, 2.75) is 19.8 Å². The molecule has 0 saturated heterocycles. The number of pyridine rings is 1. The van der Waals surface area contributed by atoms with Crippen LogP contribution in [0.1, 0.15) is 25.3 Å². The summed E-state index contributed by atoms with van der Waals surface area (Å²) in [6.45, 7) is 11.0. The second-order valence-corrected chi connectivity index (χ2v) is 3.03. The van der Waals surface area contributed by atoms with E-state index in [1.54, 1.807) is 13.2 Å². The van der Waals surface area contributed by atoms with Gasteiger partial charge in [0.2, 0.25) is 0 Å². The zero-order chi connectivity index (χ0) is 9.84. The molecule has 1 heterocycles. The van der Waals surface area contributed by atoms with E-state index < -0.39 is 0 Å². The molecule has 0 amide bonds. The van der Waals surface area contributed by atoms with Crippen LogP contribution in [0.25, 0.3) is 4.85 Å². The average Bonchev–Trinajstić information content (AvgIpc) is 2.16. The number of hydrogen-bond donors (Lipinski definition) is 0. The number of methoxy groups -OCH3 is 1. The van der Waals surface area contributed by atoms with Gasteiger partial charge in [-0.2, -0.15) is 0 Å². The van der Waals surface area contributed by atoms with Crippen molar-refractivity contribution in [2.24, 2.45) is 0 Å². The van der Waals surface area contributed by atoms with Gasteiger partial charge in [0.25, 0.3) is 5.82 Å². The molecule has 0 radical (unpaired) electrons. The molecule has 3 heteroatoms. The van der Waals surface area contributed by atoms with Gasteiger partial charge in [-0.05, 0) is 11.5 Å². The summed E-state index contributed by atoms with van der Waals surface area (Å²) in [4.78, 5) is 7.41. The van der Waals surface area contributed by atoms with E-state index in [-0.39, 0.29) is 0 Å². The highest BCUT2D eigenvalue weighted by Gasteiger charge is 2.10. The number of aromatic nitrogens is 1. The van der Waals surface area contributed by atoms with Crippen molar-refractivity contribution in [3.8, 4) is 5.88 Å². The van der Waals surface area contributed by atoms with Gasteiger partial charge in [-0.1, -0.05) is 31.5 Å². The normalized spacial score (nSPS) is 9.77. The molecule has 0 saturated carbocycles. The standard InChI is InChI=1S/C10H12N2O/c1-7(2)8-5-6-9(13-4)12-10(8)11-3/h5-7H,1-2,4H3. The summed E-state index contributed by atoms with van der Waals surface area (Å²) in [7, 11) is 1.55. The van der Waals surface area contributed by atoms with Crippen LogP contribution in [-0.2, 0) is 0 Å². The molecule has 0 aliphatic carbocycles. The molecule has 68 valence electrons. The number of nitrogens with zero attached hydrogens (tertiary/aromatic N) is 2. The Bertz CT molecular complexity index is 339. The van der Waals surface area contributed by atoms with Crippen LogP contribution in [0.2, 0.25) is 0 Å². The summed E-state index contributed by atoms with van der Waals surface area (Å²) in [5.41, 5.74) is 0.968. The summed E-state index contributed by atoms with van der Waals surface area (Å²) < 4.78 is 4.94. The molecule has 0 aromatic carbocycles. The van der Waals surface area contributed by atoms with Gasteiger partial charge in [-0.3, -0.25) is 0 Å². The lowest BCUT2D eigenvalue weighted by atomic mass is 10.0. The van der Waals surface area contributed by atoms with Crippen molar-refractivity contribution in [3.63, 3.8) is 0 Å². The molecule has 0 bridgehead atoms. The number of hydrogen-bond acceptors (Lipinski definition) is 2. The van der Waals surface area contributed by atoms with E-state index in [2.05, 4.69) is 9.83 Å². The van der Waals surface area contributed by atoms with E-state index in [1.807, 2.05) is 19.9 Å². The predicted molar refractivity (Wildman–Crippen MR) is 51.1 cm³/mol. The molecular weight excluding hydrogens is 164 g/mol. The first-order valence-corrected chi connectivity index (χ1v) is 4.11. The number of ether oxygens (including phenoxy) is 1. The SMILES string of the molecule is [C-]#[N+]c1nc(OC)ccc1C(C)C. The highest BCUT2D eigenvalue weighted by Crippen LogP contribution is 2.26. The Morgan fingerprint density at radius 1 is 1.46 bits per heavy atom. The summed E-state index contributed by atoms with van der Waals surface area (Å²) >= 11 is 0. The fourth-order valence-electron chi connectivity index (χ4n) is 1.10. The predicted octanol–water partition coefficient (Wildman–Crippen LogP) is 2.76. The van der Waals surface area contributed by atoms with Crippen LogP contribution >= 0.6 is 0 Å². The third kappa shape index (κ3) is 1.97. The molecule has 0 aliphatic heterocycles.